The molecular weight excluding hydrogens is 320 g/mol. The van der Waals surface area contributed by atoms with Crippen LogP contribution in [0.3, 0.4) is 0 Å². The van der Waals surface area contributed by atoms with Gasteiger partial charge in [0.05, 0.1) is 24.3 Å². The minimum Gasteiger partial charge on any atom is -0.503 e. The molecule has 0 aliphatic carbocycles. The Kier molecular flexibility index (Phi) is 6.31. The highest BCUT2D eigenvalue weighted by Gasteiger charge is 2.43. The van der Waals surface area contributed by atoms with E-state index in [0.29, 0.717) is 13.2 Å². The molecule has 1 atom stereocenters. The van der Waals surface area contributed by atoms with Crippen LogP contribution in [0.25, 0.3) is 0 Å². The van der Waals surface area contributed by atoms with E-state index in [1.165, 1.54) is 4.90 Å². The Morgan fingerprint density at radius 2 is 1.92 bits per heavy atom. The van der Waals surface area contributed by atoms with E-state index < -0.39 is 17.7 Å². The maximum absolute atomic E-state index is 12.7. The van der Waals surface area contributed by atoms with Crippen LogP contribution in [0, 0.1) is 5.92 Å². The van der Waals surface area contributed by atoms with Crippen molar-refractivity contribution < 1.29 is 19.4 Å². The van der Waals surface area contributed by atoms with Crippen molar-refractivity contribution in [3.8, 4) is 0 Å². The van der Waals surface area contributed by atoms with Gasteiger partial charge in [-0.15, -0.1) is 0 Å². The Bertz CT molecular complexity index is 653. The minimum absolute atomic E-state index is 0.0423. The Hall–Kier alpha value is -2.21. The van der Waals surface area contributed by atoms with Gasteiger partial charge in [-0.2, -0.15) is 0 Å². The van der Waals surface area contributed by atoms with Gasteiger partial charge in [0.25, 0.3) is 5.91 Å². The number of carbonyl (C=O) groups excluding carboxylic acids is 2. The zero-order valence-corrected chi connectivity index (χ0v) is 15.2. The Morgan fingerprint density at radius 3 is 2.48 bits per heavy atom. The van der Waals surface area contributed by atoms with Crippen molar-refractivity contribution in [2.45, 2.75) is 46.3 Å². The van der Waals surface area contributed by atoms with E-state index in [4.69, 9.17) is 4.74 Å². The van der Waals surface area contributed by atoms with Crippen LogP contribution < -0.4 is 0 Å². The topological polar surface area (TPSA) is 79.7 Å². The fourth-order valence-corrected chi connectivity index (χ4v) is 2.93. The molecule has 0 saturated heterocycles. The standard InChI is InChI=1S/C19H26N2O4/c1-12(2)11-15(22)16-17(14-5-7-20-8-6-14)21(19(24)18(16)23)9-10-25-13(3)4/h5-8,12-13,17,23H,9-11H2,1-4H3. The molecule has 0 fully saturated rings. The molecule has 1 unspecified atom stereocenters. The lowest BCUT2D eigenvalue weighted by Gasteiger charge is -2.27. The molecule has 0 bridgehead atoms. The number of carbonyl (C=O) groups is 2. The van der Waals surface area contributed by atoms with E-state index in [1.54, 1.807) is 24.5 Å². The van der Waals surface area contributed by atoms with Gasteiger partial charge in [-0.1, -0.05) is 13.8 Å². The largest absolute Gasteiger partial charge is 0.503 e. The van der Waals surface area contributed by atoms with Crippen molar-refractivity contribution >= 4 is 11.7 Å². The zero-order chi connectivity index (χ0) is 18.6. The highest BCUT2D eigenvalue weighted by molar-refractivity contribution is 6.09. The van der Waals surface area contributed by atoms with Crippen molar-refractivity contribution in [2.75, 3.05) is 13.2 Å². The number of rotatable bonds is 8. The third-order valence-corrected chi connectivity index (χ3v) is 4.00. The lowest BCUT2D eigenvalue weighted by Crippen LogP contribution is -2.34. The van der Waals surface area contributed by atoms with E-state index in [2.05, 4.69) is 4.98 Å². The SMILES string of the molecule is CC(C)CC(=O)C1=C(O)C(=O)N(CCOC(C)C)C1c1ccncc1. The molecule has 136 valence electrons. The number of hydrogen-bond acceptors (Lipinski definition) is 5. The van der Waals surface area contributed by atoms with E-state index in [9.17, 15) is 14.7 Å². The van der Waals surface area contributed by atoms with Crippen LogP contribution in [-0.4, -0.2) is 45.9 Å². The summed E-state index contributed by atoms with van der Waals surface area (Å²) >= 11 is 0. The number of hydrogen-bond donors (Lipinski definition) is 1. The average Bonchev–Trinajstić information content (AvgIpc) is 2.79. The number of aliphatic hydroxyl groups is 1. The molecule has 6 heteroatoms. The molecule has 6 nitrogen and oxygen atoms in total. The maximum atomic E-state index is 12.7. The number of pyridine rings is 1. The summed E-state index contributed by atoms with van der Waals surface area (Å²) in [7, 11) is 0. The second kappa shape index (κ2) is 8.25. The van der Waals surface area contributed by atoms with Crippen molar-refractivity contribution in [3.63, 3.8) is 0 Å². The van der Waals surface area contributed by atoms with Gasteiger partial charge < -0.3 is 14.7 Å². The molecule has 0 radical (unpaired) electrons. The zero-order valence-electron chi connectivity index (χ0n) is 15.2. The van der Waals surface area contributed by atoms with Gasteiger partial charge in [0.15, 0.2) is 11.5 Å². The highest BCUT2D eigenvalue weighted by atomic mass is 16.5. The lowest BCUT2D eigenvalue weighted by molar-refractivity contribution is -0.130. The summed E-state index contributed by atoms with van der Waals surface area (Å²) in [4.78, 5) is 30.7. The van der Waals surface area contributed by atoms with Crippen LogP contribution in [0.1, 0.15) is 45.7 Å². The second-order valence-corrected chi connectivity index (χ2v) is 6.88. The predicted octanol–water partition coefficient (Wildman–Crippen LogP) is 2.82. The van der Waals surface area contributed by atoms with Crippen LogP contribution in [-0.2, 0) is 14.3 Å². The molecule has 0 aromatic carbocycles. The van der Waals surface area contributed by atoms with E-state index >= 15 is 0 Å². The van der Waals surface area contributed by atoms with E-state index in [0.717, 1.165) is 5.56 Å². The molecule has 2 rings (SSSR count). The quantitative estimate of drug-likeness (QED) is 0.783. The summed E-state index contributed by atoms with van der Waals surface area (Å²) in [5, 5.41) is 10.4. The summed E-state index contributed by atoms with van der Waals surface area (Å²) in [6, 6.07) is 2.92. The van der Waals surface area contributed by atoms with Crippen LogP contribution in [0.4, 0.5) is 0 Å². The molecule has 1 aliphatic heterocycles. The smallest absolute Gasteiger partial charge is 0.290 e. The van der Waals surface area contributed by atoms with Gasteiger partial charge in [0.1, 0.15) is 0 Å². The molecule has 0 saturated carbocycles. The number of ether oxygens (including phenoxy) is 1. The highest BCUT2D eigenvalue weighted by Crippen LogP contribution is 2.38. The Balaban J connectivity index is 2.35. The lowest BCUT2D eigenvalue weighted by atomic mass is 9.92. The van der Waals surface area contributed by atoms with Crippen LogP contribution >= 0.6 is 0 Å². The summed E-state index contributed by atoms with van der Waals surface area (Å²) in [6.45, 7) is 8.33. The van der Waals surface area contributed by atoms with Crippen LogP contribution in [0.5, 0.6) is 0 Å². The number of nitrogens with zero attached hydrogens (tertiary/aromatic N) is 2. The summed E-state index contributed by atoms with van der Waals surface area (Å²) in [5.41, 5.74) is 0.929. The van der Waals surface area contributed by atoms with Crippen molar-refractivity contribution in [1.82, 2.24) is 9.88 Å². The van der Waals surface area contributed by atoms with Crippen molar-refractivity contribution in [1.29, 1.82) is 0 Å². The molecule has 2 heterocycles. The maximum Gasteiger partial charge on any atom is 0.290 e. The number of aromatic nitrogens is 1. The Morgan fingerprint density at radius 1 is 1.28 bits per heavy atom. The van der Waals surface area contributed by atoms with Crippen LogP contribution in [0.2, 0.25) is 0 Å². The van der Waals surface area contributed by atoms with Gasteiger partial charge in [-0.3, -0.25) is 14.6 Å². The molecule has 1 amide bonds. The third kappa shape index (κ3) is 4.45. The molecule has 0 spiro atoms. The number of aliphatic hydroxyl groups excluding tert-OH is 1. The van der Waals surface area contributed by atoms with E-state index in [-0.39, 0.29) is 29.8 Å². The van der Waals surface area contributed by atoms with Gasteiger partial charge in [-0.25, -0.2) is 0 Å². The molecule has 1 N–H and O–H groups in total. The Labute approximate surface area is 148 Å². The van der Waals surface area contributed by atoms with Gasteiger partial charge >= 0.3 is 0 Å². The van der Waals surface area contributed by atoms with Crippen LogP contribution in [0.15, 0.2) is 35.9 Å². The second-order valence-electron chi connectivity index (χ2n) is 6.88. The third-order valence-electron chi connectivity index (χ3n) is 4.00. The molecule has 1 aromatic heterocycles. The summed E-state index contributed by atoms with van der Waals surface area (Å²) < 4.78 is 5.54. The molecule has 25 heavy (non-hydrogen) atoms. The first kappa shape index (κ1) is 19.1. The van der Waals surface area contributed by atoms with Crippen molar-refractivity contribution in [3.05, 3.63) is 41.4 Å². The monoisotopic (exact) mass is 346 g/mol. The first-order valence-electron chi connectivity index (χ1n) is 8.61. The normalized spacial score (nSPS) is 17.9. The number of ketones is 1. The number of Topliss-reactive ketones (excluding diaryl/α,β-unsaturated/α-hetero) is 1. The fourth-order valence-electron chi connectivity index (χ4n) is 2.93. The molecule has 1 aliphatic rings. The van der Waals surface area contributed by atoms with Gasteiger partial charge in [0, 0.05) is 25.4 Å². The summed E-state index contributed by atoms with van der Waals surface area (Å²) in [6.07, 6.45) is 3.55. The number of amides is 1. The predicted molar refractivity (Wildman–Crippen MR) is 93.9 cm³/mol. The first-order valence-corrected chi connectivity index (χ1v) is 8.61. The van der Waals surface area contributed by atoms with Gasteiger partial charge in [0.2, 0.25) is 0 Å². The average molecular weight is 346 g/mol. The van der Waals surface area contributed by atoms with Crippen molar-refractivity contribution in [2.24, 2.45) is 5.92 Å². The van der Waals surface area contributed by atoms with Gasteiger partial charge in [-0.05, 0) is 37.5 Å². The summed E-state index contributed by atoms with van der Waals surface area (Å²) in [5.74, 6) is -1.03. The molecular formula is C19H26N2O4. The minimum atomic E-state index is -0.600. The fraction of sp³-hybridized carbons (Fsp3) is 0.526. The van der Waals surface area contributed by atoms with E-state index in [1.807, 2.05) is 27.7 Å². The molecule has 1 aromatic rings. The first-order chi connectivity index (χ1) is 11.8.